The molecule has 0 unspecified atom stereocenters. The summed E-state index contributed by atoms with van der Waals surface area (Å²) in [4.78, 5) is 37.1. The number of hydrogen-bond donors (Lipinski definition) is 2. The van der Waals surface area contributed by atoms with Crippen LogP contribution < -0.4 is 10.6 Å². The SMILES string of the molecule is CC(C)[C@H](NC(=O)[C@@H](NC(=O)/C=C/c1ccc(Cl)c(Cl)c1)c1ccccc1)C(=O)C(F)(F)F. The van der Waals surface area contributed by atoms with Gasteiger partial charge in [0.25, 0.3) is 5.78 Å². The molecule has 0 saturated heterocycles. The Bertz CT molecular complexity index is 1040. The number of hydrogen-bond acceptors (Lipinski definition) is 3. The second kappa shape index (κ2) is 11.3. The molecule has 0 fully saturated rings. The maximum Gasteiger partial charge on any atom is 0.452 e. The van der Waals surface area contributed by atoms with Crippen molar-refractivity contribution < 1.29 is 27.6 Å². The van der Waals surface area contributed by atoms with Gasteiger partial charge in [-0.1, -0.05) is 73.4 Å². The summed E-state index contributed by atoms with van der Waals surface area (Å²) in [6.07, 6.45) is -2.54. The van der Waals surface area contributed by atoms with Gasteiger partial charge >= 0.3 is 6.18 Å². The number of carbonyl (C=O) groups excluding carboxylic acids is 3. The minimum absolute atomic E-state index is 0.287. The molecular formula is C23H21Cl2F3N2O3. The predicted molar refractivity (Wildman–Crippen MR) is 121 cm³/mol. The van der Waals surface area contributed by atoms with Crippen LogP contribution in [-0.4, -0.2) is 29.8 Å². The van der Waals surface area contributed by atoms with E-state index in [0.717, 1.165) is 6.08 Å². The van der Waals surface area contributed by atoms with Crippen molar-refractivity contribution in [1.82, 2.24) is 10.6 Å². The zero-order chi connectivity index (χ0) is 24.8. The van der Waals surface area contributed by atoms with Gasteiger partial charge in [0.2, 0.25) is 11.8 Å². The summed E-state index contributed by atoms with van der Waals surface area (Å²) in [5.74, 6) is -4.53. The maximum absolute atomic E-state index is 13.0. The van der Waals surface area contributed by atoms with E-state index in [1.54, 1.807) is 30.3 Å². The van der Waals surface area contributed by atoms with Crippen LogP contribution in [0.4, 0.5) is 13.2 Å². The summed E-state index contributed by atoms with van der Waals surface area (Å²) < 4.78 is 38.9. The van der Waals surface area contributed by atoms with E-state index in [1.165, 1.54) is 38.1 Å². The number of alkyl halides is 3. The number of carbonyl (C=O) groups is 3. The van der Waals surface area contributed by atoms with Crippen LogP contribution in [0.3, 0.4) is 0 Å². The van der Waals surface area contributed by atoms with Crippen LogP contribution in [0.5, 0.6) is 0 Å². The first-order valence-electron chi connectivity index (χ1n) is 9.80. The zero-order valence-electron chi connectivity index (χ0n) is 17.6. The Balaban J connectivity index is 2.24. The van der Waals surface area contributed by atoms with E-state index in [2.05, 4.69) is 10.6 Å². The molecule has 2 atom stereocenters. The summed E-state index contributed by atoms with van der Waals surface area (Å²) in [6, 6.07) is 9.52. The Morgan fingerprint density at radius 1 is 0.939 bits per heavy atom. The normalized spacial score (nSPS) is 13.6. The molecule has 2 rings (SSSR count). The minimum atomic E-state index is -5.11. The van der Waals surface area contributed by atoms with Gasteiger partial charge in [-0.25, -0.2) is 0 Å². The molecule has 2 amide bonds. The predicted octanol–water partition coefficient (Wildman–Crippen LogP) is 5.14. The molecule has 0 heterocycles. The number of amides is 2. The van der Waals surface area contributed by atoms with Gasteiger partial charge < -0.3 is 10.6 Å². The highest BCUT2D eigenvalue weighted by atomic mass is 35.5. The van der Waals surface area contributed by atoms with Gasteiger partial charge in [0.15, 0.2) is 0 Å². The van der Waals surface area contributed by atoms with Crippen molar-refractivity contribution in [2.24, 2.45) is 5.92 Å². The fourth-order valence-electron chi connectivity index (χ4n) is 2.87. The van der Waals surface area contributed by atoms with Crippen molar-refractivity contribution in [3.05, 3.63) is 75.8 Å². The fourth-order valence-corrected chi connectivity index (χ4v) is 3.18. The van der Waals surface area contributed by atoms with Crippen LogP contribution in [-0.2, 0) is 14.4 Å². The molecule has 2 N–H and O–H groups in total. The molecular weight excluding hydrogens is 480 g/mol. The van der Waals surface area contributed by atoms with Gasteiger partial charge in [-0.3, -0.25) is 14.4 Å². The largest absolute Gasteiger partial charge is 0.452 e. The van der Waals surface area contributed by atoms with Gasteiger partial charge in [-0.05, 0) is 35.3 Å². The number of ketones is 1. The molecule has 0 bridgehead atoms. The second-order valence-electron chi connectivity index (χ2n) is 7.45. The van der Waals surface area contributed by atoms with Crippen molar-refractivity contribution in [2.75, 3.05) is 0 Å². The first-order chi connectivity index (χ1) is 15.4. The van der Waals surface area contributed by atoms with Gasteiger partial charge in [0.1, 0.15) is 6.04 Å². The van der Waals surface area contributed by atoms with E-state index < -0.39 is 41.8 Å². The second-order valence-corrected chi connectivity index (χ2v) is 8.27. The lowest BCUT2D eigenvalue weighted by Crippen LogP contribution is -2.52. The van der Waals surface area contributed by atoms with Gasteiger partial charge in [0, 0.05) is 6.08 Å². The van der Waals surface area contributed by atoms with Crippen LogP contribution >= 0.6 is 23.2 Å². The molecule has 0 aromatic heterocycles. The molecule has 2 aromatic carbocycles. The first-order valence-corrected chi connectivity index (χ1v) is 10.6. The van der Waals surface area contributed by atoms with Crippen LogP contribution in [0.2, 0.25) is 10.0 Å². The zero-order valence-corrected chi connectivity index (χ0v) is 19.1. The molecule has 0 saturated carbocycles. The number of benzene rings is 2. The summed E-state index contributed by atoms with van der Waals surface area (Å²) in [5.41, 5.74) is 0.893. The molecule has 0 aliphatic heterocycles. The molecule has 33 heavy (non-hydrogen) atoms. The molecule has 0 radical (unpaired) electrons. The Morgan fingerprint density at radius 3 is 2.12 bits per heavy atom. The lowest BCUT2D eigenvalue weighted by Gasteiger charge is -2.25. The van der Waals surface area contributed by atoms with Crippen molar-refractivity contribution in [3.8, 4) is 0 Å². The third-order valence-electron chi connectivity index (χ3n) is 4.58. The van der Waals surface area contributed by atoms with Crippen LogP contribution in [0.25, 0.3) is 6.08 Å². The lowest BCUT2D eigenvalue weighted by molar-refractivity contribution is -0.175. The van der Waals surface area contributed by atoms with Gasteiger partial charge in [0.05, 0.1) is 16.1 Å². The third-order valence-corrected chi connectivity index (χ3v) is 5.32. The highest BCUT2D eigenvalue weighted by Crippen LogP contribution is 2.24. The first kappa shape index (κ1) is 26.4. The lowest BCUT2D eigenvalue weighted by atomic mass is 9.98. The number of Topliss-reactive ketones (excluding diaryl/α,β-unsaturated/α-hetero) is 1. The average Bonchev–Trinajstić information content (AvgIpc) is 2.75. The van der Waals surface area contributed by atoms with Gasteiger partial charge in [-0.15, -0.1) is 0 Å². The molecule has 176 valence electrons. The highest BCUT2D eigenvalue weighted by molar-refractivity contribution is 6.42. The van der Waals surface area contributed by atoms with E-state index in [9.17, 15) is 27.6 Å². The topological polar surface area (TPSA) is 75.3 Å². The maximum atomic E-state index is 13.0. The van der Waals surface area contributed by atoms with E-state index in [4.69, 9.17) is 23.2 Å². The summed E-state index contributed by atoms with van der Waals surface area (Å²) in [7, 11) is 0. The monoisotopic (exact) mass is 500 g/mol. The number of halogens is 5. The van der Waals surface area contributed by atoms with Crippen molar-refractivity contribution in [1.29, 1.82) is 0 Å². The Hall–Kier alpha value is -2.84. The molecule has 2 aromatic rings. The third kappa shape index (κ3) is 7.61. The van der Waals surface area contributed by atoms with Crippen LogP contribution in [0, 0.1) is 5.92 Å². The van der Waals surface area contributed by atoms with Crippen LogP contribution in [0.1, 0.15) is 31.0 Å². The van der Waals surface area contributed by atoms with E-state index in [-0.39, 0.29) is 5.02 Å². The average molecular weight is 501 g/mol. The summed E-state index contributed by atoms with van der Waals surface area (Å²) in [6.45, 7) is 2.76. The summed E-state index contributed by atoms with van der Waals surface area (Å²) in [5, 5.41) is 5.22. The Morgan fingerprint density at radius 2 is 1.58 bits per heavy atom. The quantitative estimate of drug-likeness (QED) is 0.493. The van der Waals surface area contributed by atoms with Crippen molar-refractivity contribution in [2.45, 2.75) is 32.1 Å². The standard InChI is InChI=1S/C23H21Cl2F3N2O3/c1-13(2)19(21(32)23(26,27)28)30-22(33)20(15-6-4-3-5-7-15)29-18(31)11-9-14-8-10-16(24)17(25)12-14/h3-13,19-20H,1-2H3,(H,29,31)(H,30,33)/b11-9+/t19-,20-/m0/s1. The number of nitrogens with one attached hydrogen (secondary N) is 2. The molecule has 5 nitrogen and oxygen atoms in total. The molecule has 10 heteroatoms. The van der Waals surface area contributed by atoms with E-state index >= 15 is 0 Å². The van der Waals surface area contributed by atoms with E-state index in [0.29, 0.717) is 16.1 Å². The summed E-state index contributed by atoms with van der Waals surface area (Å²) >= 11 is 11.8. The minimum Gasteiger partial charge on any atom is -0.344 e. The van der Waals surface area contributed by atoms with Crippen molar-refractivity contribution >= 4 is 46.9 Å². The molecule has 0 spiro atoms. The van der Waals surface area contributed by atoms with Crippen molar-refractivity contribution in [3.63, 3.8) is 0 Å². The highest BCUT2D eigenvalue weighted by Gasteiger charge is 2.45. The Kier molecular flexibility index (Phi) is 9.07. The number of rotatable bonds is 8. The Labute approximate surface area is 199 Å². The van der Waals surface area contributed by atoms with Gasteiger partial charge in [-0.2, -0.15) is 13.2 Å². The fraction of sp³-hybridized carbons (Fsp3) is 0.261. The molecule has 0 aliphatic rings. The smallest absolute Gasteiger partial charge is 0.344 e. The van der Waals surface area contributed by atoms with Crippen LogP contribution in [0.15, 0.2) is 54.6 Å². The molecule has 0 aliphatic carbocycles. The van der Waals surface area contributed by atoms with E-state index in [1.807, 2.05) is 0 Å².